The molecule has 4 heteroatoms. The maximum absolute atomic E-state index is 5.00. The Kier molecular flexibility index (Phi) is 6.55. The summed E-state index contributed by atoms with van der Waals surface area (Å²) < 4.78 is 5.00. The predicted molar refractivity (Wildman–Crippen MR) is 69.1 cm³/mol. The molecule has 0 aliphatic rings. The van der Waals surface area contributed by atoms with Crippen LogP contribution >= 0.6 is 0 Å². The van der Waals surface area contributed by atoms with E-state index in [1.165, 1.54) is 25.7 Å². The normalized spacial score (nSPS) is 12.4. The second-order valence-corrected chi connectivity index (χ2v) is 4.19. The fraction of sp³-hybridized carbons (Fsp3) is 0.692. The van der Waals surface area contributed by atoms with E-state index in [9.17, 15) is 0 Å². The summed E-state index contributed by atoms with van der Waals surface area (Å²) in [5, 5.41) is 11.5. The van der Waals surface area contributed by atoms with Crippen LogP contribution in [0.25, 0.3) is 0 Å². The summed E-state index contributed by atoms with van der Waals surface area (Å²) in [6, 6.07) is 4.14. The Hall–Kier alpha value is -1.16. The smallest absolute Gasteiger partial charge is 0.233 e. The van der Waals surface area contributed by atoms with Gasteiger partial charge in [0.15, 0.2) is 0 Å². The molecule has 1 N–H and O–H groups in total. The van der Waals surface area contributed by atoms with Crippen LogP contribution in [0, 0.1) is 0 Å². The molecular weight excluding hydrogens is 214 g/mol. The quantitative estimate of drug-likeness (QED) is 0.706. The van der Waals surface area contributed by atoms with Gasteiger partial charge in [0.25, 0.3) is 0 Å². The summed E-state index contributed by atoms with van der Waals surface area (Å²) in [6.45, 7) is 2.23. The van der Waals surface area contributed by atoms with Crippen molar-refractivity contribution in [3.05, 3.63) is 17.8 Å². The predicted octanol–water partition coefficient (Wildman–Crippen LogP) is 2.72. The minimum absolute atomic E-state index is 0.297. The van der Waals surface area contributed by atoms with Crippen molar-refractivity contribution in [2.75, 3.05) is 14.2 Å². The monoisotopic (exact) mass is 237 g/mol. The Balaban J connectivity index is 2.47. The van der Waals surface area contributed by atoms with Crippen LogP contribution in [0.1, 0.15) is 50.8 Å². The Morgan fingerprint density at radius 3 is 2.59 bits per heavy atom. The van der Waals surface area contributed by atoms with Crippen LogP contribution in [0.3, 0.4) is 0 Å². The average molecular weight is 237 g/mol. The molecule has 0 fully saturated rings. The number of rotatable bonds is 8. The summed E-state index contributed by atoms with van der Waals surface area (Å²) in [5.74, 6) is 0.564. The zero-order valence-corrected chi connectivity index (χ0v) is 11.1. The molecule has 0 spiro atoms. The molecular formula is C13H23N3O. The summed E-state index contributed by atoms with van der Waals surface area (Å²) in [5.41, 5.74) is 0.991. The number of ether oxygens (including phenoxy) is 1. The molecule has 1 atom stereocenters. The third-order valence-corrected chi connectivity index (χ3v) is 2.92. The molecule has 1 rings (SSSR count). The van der Waals surface area contributed by atoms with Gasteiger partial charge < -0.3 is 10.1 Å². The maximum atomic E-state index is 5.00. The average Bonchev–Trinajstić information content (AvgIpc) is 2.39. The van der Waals surface area contributed by atoms with Crippen molar-refractivity contribution in [3.63, 3.8) is 0 Å². The van der Waals surface area contributed by atoms with Crippen LogP contribution in [0.5, 0.6) is 5.88 Å². The SMILES string of the molecule is CCCCCCC(NC)c1ccc(OC)nn1. The highest BCUT2D eigenvalue weighted by Crippen LogP contribution is 2.18. The van der Waals surface area contributed by atoms with Crippen molar-refractivity contribution in [3.8, 4) is 5.88 Å². The van der Waals surface area contributed by atoms with E-state index in [-0.39, 0.29) is 0 Å². The van der Waals surface area contributed by atoms with Crippen molar-refractivity contribution >= 4 is 0 Å². The van der Waals surface area contributed by atoms with Crippen LogP contribution in [0.4, 0.5) is 0 Å². The molecule has 0 radical (unpaired) electrons. The maximum Gasteiger partial charge on any atom is 0.233 e. The van der Waals surface area contributed by atoms with E-state index in [0.717, 1.165) is 12.1 Å². The molecule has 0 saturated carbocycles. The molecule has 0 aliphatic carbocycles. The van der Waals surface area contributed by atoms with Crippen molar-refractivity contribution in [2.45, 2.75) is 45.1 Å². The number of unbranched alkanes of at least 4 members (excludes halogenated alkanes) is 3. The number of methoxy groups -OCH3 is 1. The highest BCUT2D eigenvalue weighted by atomic mass is 16.5. The highest BCUT2D eigenvalue weighted by molar-refractivity contribution is 5.13. The molecule has 0 bridgehead atoms. The topological polar surface area (TPSA) is 47.0 Å². The Bertz CT molecular complexity index is 300. The number of nitrogens with one attached hydrogen (secondary N) is 1. The van der Waals surface area contributed by atoms with E-state index in [2.05, 4.69) is 22.4 Å². The molecule has 96 valence electrons. The number of nitrogens with zero attached hydrogens (tertiary/aromatic N) is 2. The van der Waals surface area contributed by atoms with Crippen LogP contribution < -0.4 is 10.1 Å². The van der Waals surface area contributed by atoms with Crippen LogP contribution in [0.2, 0.25) is 0 Å². The molecule has 0 saturated heterocycles. The van der Waals surface area contributed by atoms with Crippen molar-refractivity contribution < 1.29 is 4.74 Å². The summed E-state index contributed by atoms with van der Waals surface area (Å²) in [7, 11) is 3.57. The number of hydrogen-bond donors (Lipinski definition) is 1. The van der Waals surface area contributed by atoms with E-state index < -0.39 is 0 Å². The molecule has 1 unspecified atom stereocenters. The molecule has 17 heavy (non-hydrogen) atoms. The summed E-state index contributed by atoms with van der Waals surface area (Å²) >= 11 is 0. The first-order chi connectivity index (χ1) is 8.31. The number of hydrogen-bond acceptors (Lipinski definition) is 4. The van der Waals surface area contributed by atoms with Crippen molar-refractivity contribution in [2.24, 2.45) is 0 Å². The van der Waals surface area contributed by atoms with Gasteiger partial charge in [0.2, 0.25) is 5.88 Å². The van der Waals surface area contributed by atoms with Gasteiger partial charge in [-0.05, 0) is 19.5 Å². The standard InChI is InChI=1S/C13H23N3O/c1-4-5-6-7-8-11(14-2)12-9-10-13(17-3)16-15-12/h9-11,14H,4-8H2,1-3H3. The second kappa shape index (κ2) is 8.01. The lowest BCUT2D eigenvalue weighted by Crippen LogP contribution is -2.18. The lowest BCUT2D eigenvalue weighted by Gasteiger charge is -2.14. The van der Waals surface area contributed by atoms with Gasteiger partial charge in [0, 0.05) is 6.07 Å². The van der Waals surface area contributed by atoms with E-state index in [1.54, 1.807) is 7.11 Å². The van der Waals surface area contributed by atoms with Crippen LogP contribution in [0.15, 0.2) is 12.1 Å². The first-order valence-electron chi connectivity index (χ1n) is 6.36. The molecule has 1 aromatic rings. The largest absolute Gasteiger partial charge is 0.480 e. The lowest BCUT2D eigenvalue weighted by atomic mass is 10.0. The van der Waals surface area contributed by atoms with Crippen LogP contribution in [-0.2, 0) is 0 Å². The fourth-order valence-electron chi connectivity index (χ4n) is 1.84. The zero-order chi connectivity index (χ0) is 12.5. The Morgan fingerprint density at radius 1 is 1.24 bits per heavy atom. The van der Waals surface area contributed by atoms with Crippen LogP contribution in [-0.4, -0.2) is 24.4 Å². The van der Waals surface area contributed by atoms with Crippen molar-refractivity contribution in [1.82, 2.24) is 15.5 Å². The van der Waals surface area contributed by atoms with Gasteiger partial charge in [-0.15, -0.1) is 5.10 Å². The third-order valence-electron chi connectivity index (χ3n) is 2.92. The van der Waals surface area contributed by atoms with Gasteiger partial charge in [-0.1, -0.05) is 32.6 Å². The molecule has 4 nitrogen and oxygen atoms in total. The molecule has 1 heterocycles. The minimum atomic E-state index is 0.297. The van der Waals surface area contributed by atoms with E-state index in [4.69, 9.17) is 4.74 Å². The van der Waals surface area contributed by atoms with Gasteiger partial charge in [-0.25, -0.2) is 0 Å². The highest BCUT2D eigenvalue weighted by Gasteiger charge is 2.10. The van der Waals surface area contributed by atoms with Gasteiger partial charge in [0.05, 0.1) is 18.8 Å². The lowest BCUT2D eigenvalue weighted by molar-refractivity contribution is 0.388. The zero-order valence-electron chi connectivity index (χ0n) is 11.1. The first kappa shape index (κ1) is 13.9. The van der Waals surface area contributed by atoms with Gasteiger partial charge in [-0.2, -0.15) is 5.10 Å². The van der Waals surface area contributed by atoms with E-state index in [1.807, 2.05) is 19.2 Å². The van der Waals surface area contributed by atoms with E-state index in [0.29, 0.717) is 11.9 Å². The molecule has 0 aromatic carbocycles. The van der Waals surface area contributed by atoms with Gasteiger partial charge >= 0.3 is 0 Å². The first-order valence-corrected chi connectivity index (χ1v) is 6.36. The number of aromatic nitrogens is 2. The fourth-order valence-corrected chi connectivity index (χ4v) is 1.84. The summed E-state index contributed by atoms with van der Waals surface area (Å²) in [6.07, 6.45) is 6.21. The molecule has 1 aromatic heterocycles. The summed E-state index contributed by atoms with van der Waals surface area (Å²) in [4.78, 5) is 0. The van der Waals surface area contributed by atoms with E-state index >= 15 is 0 Å². The van der Waals surface area contributed by atoms with Gasteiger partial charge in [0.1, 0.15) is 0 Å². The second-order valence-electron chi connectivity index (χ2n) is 4.19. The van der Waals surface area contributed by atoms with Gasteiger partial charge in [-0.3, -0.25) is 0 Å². The molecule has 0 aliphatic heterocycles. The third kappa shape index (κ3) is 4.69. The Labute approximate surface area is 104 Å². The Morgan fingerprint density at radius 2 is 2.06 bits per heavy atom. The van der Waals surface area contributed by atoms with Crippen molar-refractivity contribution in [1.29, 1.82) is 0 Å². The minimum Gasteiger partial charge on any atom is -0.480 e. The molecule has 0 amide bonds.